The van der Waals surface area contributed by atoms with Crippen LogP contribution in [0.5, 0.6) is 0 Å². The summed E-state index contributed by atoms with van der Waals surface area (Å²) in [6.07, 6.45) is 4.11. The molecule has 0 spiro atoms. The topological polar surface area (TPSA) is 113 Å². The van der Waals surface area contributed by atoms with Gasteiger partial charge in [-0.3, -0.25) is 0 Å². The van der Waals surface area contributed by atoms with E-state index in [1.807, 2.05) is 0 Å². The number of fused-ring (bicyclic) bond motifs is 2. The lowest BCUT2D eigenvalue weighted by atomic mass is 9.47. The van der Waals surface area contributed by atoms with Gasteiger partial charge in [0.05, 0.1) is 23.6 Å². The zero-order valence-corrected chi connectivity index (χ0v) is 17.0. The molecule has 7 heteroatoms. The van der Waals surface area contributed by atoms with E-state index in [2.05, 4.69) is 18.6 Å². The molecule has 4 rings (SSSR count). The van der Waals surface area contributed by atoms with Gasteiger partial charge in [0, 0.05) is 6.04 Å². The highest BCUT2D eigenvalue weighted by Gasteiger charge is 2.54. The molecular weight excluding hydrogens is 364 g/mol. The third-order valence-corrected chi connectivity index (χ3v) is 8.45. The lowest BCUT2D eigenvalue weighted by molar-refractivity contribution is -0.0816. The van der Waals surface area contributed by atoms with E-state index in [9.17, 15) is 18.6 Å². The summed E-state index contributed by atoms with van der Waals surface area (Å²) >= 11 is 0. The molecule has 0 saturated heterocycles. The maximum atomic E-state index is 12.8. The second kappa shape index (κ2) is 7.44. The second-order valence-corrected chi connectivity index (χ2v) is 10.7. The highest BCUT2D eigenvalue weighted by atomic mass is 32.2. The van der Waals surface area contributed by atoms with E-state index < -0.39 is 15.6 Å². The zero-order chi connectivity index (χ0) is 19.9. The fourth-order valence-electron chi connectivity index (χ4n) is 4.66. The summed E-state index contributed by atoms with van der Waals surface area (Å²) in [5, 5.41) is 18.5. The standard InChI is InChI=1S/C20H32N2O4S/c1-19(2)15-5-8-18(17(19)11-15)22-27(25,26)16-6-3-14(4-7-16)9-10-20(21,12-23)13-24/h3-4,6-7,15,17-18,22-24H,5,8-13,21H2,1-2H3. The van der Waals surface area contributed by atoms with E-state index in [1.54, 1.807) is 24.3 Å². The Morgan fingerprint density at radius 1 is 1.19 bits per heavy atom. The number of nitrogens with two attached hydrogens (primary N) is 1. The molecule has 3 fully saturated rings. The number of hydrogen-bond acceptors (Lipinski definition) is 5. The molecular formula is C20H32N2O4S. The Kier molecular flexibility index (Phi) is 5.72. The molecule has 6 nitrogen and oxygen atoms in total. The van der Waals surface area contributed by atoms with Crippen molar-refractivity contribution < 1.29 is 18.6 Å². The molecule has 3 unspecified atom stereocenters. The summed E-state index contributed by atoms with van der Waals surface area (Å²) in [4.78, 5) is 0.272. The Morgan fingerprint density at radius 2 is 1.81 bits per heavy atom. The van der Waals surface area contributed by atoms with Crippen LogP contribution >= 0.6 is 0 Å². The lowest BCUT2D eigenvalue weighted by Gasteiger charge is -2.60. The van der Waals surface area contributed by atoms with Crippen molar-refractivity contribution in [3.63, 3.8) is 0 Å². The largest absolute Gasteiger partial charge is 0.394 e. The highest BCUT2D eigenvalue weighted by molar-refractivity contribution is 7.89. The van der Waals surface area contributed by atoms with Crippen LogP contribution in [0.2, 0.25) is 0 Å². The van der Waals surface area contributed by atoms with Crippen LogP contribution in [0.1, 0.15) is 45.1 Å². The summed E-state index contributed by atoms with van der Waals surface area (Å²) in [5.74, 6) is 1.15. The molecule has 1 aromatic rings. The van der Waals surface area contributed by atoms with Crippen molar-refractivity contribution in [2.45, 2.75) is 62.4 Å². The minimum absolute atomic E-state index is 0.0154. The van der Waals surface area contributed by atoms with E-state index in [0.29, 0.717) is 18.8 Å². The van der Waals surface area contributed by atoms with Gasteiger partial charge in [-0.2, -0.15) is 0 Å². The Labute approximate surface area is 162 Å². The Balaban J connectivity index is 1.64. The maximum Gasteiger partial charge on any atom is 0.240 e. The van der Waals surface area contributed by atoms with Crippen molar-refractivity contribution >= 4 is 10.0 Å². The van der Waals surface area contributed by atoms with Gasteiger partial charge in [0.25, 0.3) is 0 Å². The molecule has 2 bridgehead atoms. The van der Waals surface area contributed by atoms with Crippen LogP contribution in [0.25, 0.3) is 0 Å². The fourth-order valence-corrected chi connectivity index (χ4v) is 5.97. The molecule has 3 aliphatic rings. The second-order valence-electron chi connectivity index (χ2n) is 8.99. The van der Waals surface area contributed by atoms with Crippen molar-refractivity contribution in [3.05, 3.63) is 29.8 Å². The van der Waals surface area contributed by atoms with E-state index in [1.165, 1.54) is 0 Å². The number of nitrogens with one attached hydrogen (secondary N) is 1. The summed E-state index contributed by atoms with van der Waals surface area (Å²) < 4.78 is 28.5. The molecule has 0 heterocycles. The molecule has 0 aliphatic heterocycles. The number of rotatable bonds is 8. The monoisotopic (exact) mass is 396 g/mol. The van der Waals surface area contributed by atoms with Gasteiger partial charge in [-0.1, -0.05) is 26.0 Å². The van der Waals surface area contributed by atoms with Gasteiger partial charge in [-0.15, -0.1) is 0 Å². The minimum Gasteiger partial charge on any atom is -0.394 e. The molecule has 3 saturated carbocycles. The molecule has 27 heavy (non-hydrogen) atoms. The smallest absolute Gasteiger partial charge is 0.240 e. The van der Waals surface area contributed by atoms with Crippen LogP contribution in [0, 0.1) is 17.3 Å². The quantitative estimate of drug-likeness (QED) is 0.531. The van der Waals surface area contributed by atoms with Crippen LogP contribution in [0.3, 0.4) is 0 Å². The maximum absolute atomic E-state index is 12.8. The van der Waals surface area contributed by atoms with Crippen LogP contribution in [-0.2, 0) is 16.4 Å². The van der Waals surface area contributed by atoms with Gasteiger partial charge in [0.1, 0.15) is 0 Å². The third-order valence-electron chi connectivity index (χ3n) is 6.94. The predicted octanol–water partition coefficient (Wildman–Crippen LogP) is 1.40. The first-order chi connectivity index (χ1) is 12.6. The average molecular weight is 397 g/mol. The summed E-state index contributed by atoms with van der Waals surface area (Å²) in [6, 6.07) is 6.79. The zero-order valence-electron chi connectivity index (χ0n) is 16.2. The summed E-state index contributed by atoms with van der Waals surface area (Å²) in [5.41, 5.74) is 6.02. The first kappa shape index (κ1) is 20.7. The van der Waals surface area contributed by atoms with Crippen molar-refractivity contribution in [2.75, 3.05) is 13.2 Å². The lowest BCUT2D eigenvalue weighted by Crippen LogP contribution is -2.59. The highest BCUT2D eigenvalue weighted by Crippen LogP contribution is 2.59. The van der Waals surface area contributed by atoms with E-state index in [4.69, 9.17) is 5.73 Å². The van der Waals surface area contributed by atoms with Gasteiger partial charge < -0.3 is 15.9 Å². The molecule has 3 aliphatic carbocycles. The van der Waals surface area contributed by atoms with Gasteiger partial charge in [-0.25, -0.2) is 13.1 Å². The van der Waals surface area contributed by atoms with Crippen molar-refractivity contribution in [1.82, 2.24) is 4.72 Å². The number of aliphatic hydroxyl groups is 2. The van der Waals surface area contributed by atoms with Gasteiger partial charge in [-0.05, 0) is 67.1 Å². The van der Waals surface area contributed by atoms with Crippen molar-refractivity contribution in [2.24, 2.45) is 23.0 Å². The molecule has 0 aromatic heterocycles. The average Bonchev–Trinajstić information content (AvgIpc) is 2.66. The number of hydrogen-bond donors (Lipinski definition) is 4. The SMILES string of the molecule is CC1(C)C2CCC(NS(=O)(=O)c3ccc(CCC(N)(CO)CO)cc3)C1C2. The van der Waals surface area contributed by atoms with Crippen molar-refractivity contribution in [3.8, 4) is 0 Å². The molecule has 3 atom stereocenters. The van der Waals surface area contributed by atoms with E-state index in [0.717, 1.165) is 30.7 Å². The Bertz CT molecular complexity index is 755. The summed E-state index contributed by atoms with van der Waals surface area (Å²) in [6.45, 7) is 3.91. The van der Waals surface area contributed by atoms with Gasteiger partial charge >= 0.3 is 0 Å². The molecule has 5 N–H and O–H groups in total. The van der Waals surface area contributed by atoms with Crippen LogP contribution in [-0.4, -0.2) is 43.4 Å². The Morgan fingerprint density at radius 3 is 2.33 bits per heavy atom. The van der Waals surface area contributed by atoms with Crippen molar-refractivity contribution in [1.29, 1.82) is 0 Å². The number of aliphatic hydroxyl groups excluding tert-OH is 2. The van der Waals surface area contributed by atoms with Gasteiger partial charge in [0.2, 0.25) is 10.0 Å². The Hall–Kier alpha value is -0.990. The fraction of sp³-hybridized carbons (Fsp3) is 0.700. The number of benzene rings is 1. The normalized spacial score (nSPS) is 27.2. The first-order valence-electron chi connectivity index (χ1n) is 9.73. The number of sulfonamides is 1. The molecule has 1 aromatic carbocycles. The van der Waals surface area contributed by atoms with Crippen LogP contribution in [0.4, 0.5) is 0 Å². The van der Waals surface area contributed by atoms with Crippen LogP contribution in [0.15, 0.2) is 29.2 Å². The summed E-state index contributed by atoms with van der Waals surface area (Å²) in [7, 11) is -3.54. The molecule has 0 radical (unpaired) electrons. The molecule has 0 amide bonds. The first-order valence-corrected chi connectivity index (χ1v) is 11.2. The minimum atomic E-state index is -3.54. The van der Waals surface area contributed by atoms with E-state index in [-0.39, 0.29) is 29.6 Å². The molecule has 152 valence electrons. The predicted molar refractivity (Wildman–Crippen MR) is 105 cm³/mol. The number of aryl methyl sites for hydroxylation is 1. The van der Waals surface area contributed by atoms with Gasteiger partial charge in [0.15, 0.2) is 0 Å². The third kappa shape index (κ3) is 4.07. The van der Waals surface area contributed by atoms with Crippen LogP contribution < -0.4 is 10.5 Å². The van der Waals surface area contributed by atoms with E-state index >= 15 is 0 Å².